The molecule has 0 aliphatic carbocycles. The van der Waals surface area contributed by atoms with Gasteiger partial charge in [-0.05, 0) is 18.2 Å². The molecule has 0 aliphatic heterocycles. The summed E-state index contributed by atoms with van der Waals surface area (Å²) in [4.78, 5) is 14.1. The summed E-state index contributed by atoms with van der Waals surface area (Å²) in [5.74, 6) is 0. The van der Waals surface area contributed by atoms with Gasteiger partial charge in [0.15, 0.2) is 0 Å². The number of amides is 1. The number of hydrogen-bond acceptors (Lipinski definition) is 2. The molecule has 4 nitrogen and oxygen atoms in total. The number of aromatic amines is 1. The predicted molar refractivity (Wildman–Crippen MR) is 54.3 cm³/mol. The SMILES string of the molecule is COC(=O)Nc1cccc2[nH]ccc12. The van der Waals surface area contributed by atoms with Gasteiger partial charge in [0.05, 0.1) is 12.8 Å². The number of carbonyl (C=O) groups is 1. The highest BCUT2D eigenvalue weighted by molar-refractivity contribution is 5.98. The number of carbonyl (C=O) groups excluding carboxylic acids is 1. The fourth-order valence-corrected chi connectivity index (χ4v) is 1.36. The number of rotatable bonds is 1. The van der Waals surface area contributed by atoms with E-state index in [2.05, 4.69) is 15.0 Å². The molecule has 0 atom stereocenters. The van der Waals surface area contributed by atoms with E-state index < -0.39 is 6.09 Å². The van der Waals surface area contributed by atoms with E-state index in [1.54, 1.807) is 0 Å². The lowest BCUT2D eigenvalue weighted by molar-refractivity contribution is 0.187. The molecular formula is C10H10N2O2. The summed E-state index contributed by atoms with van der Waals surface area (Å²) >= 11 is 0. The molecule has 0 saturated heterocycles. The van der Waals surface area contributed by atoms with E-state index in [1.807, 2.05) is 30.5 Å². The molecule has 0 bridgehead atoms. The lowest BCUT2D eigenvalue weighted by Gasteiger charge is -2.04. The Morgan fingerprint density at radius 3 is 3.07 bits per heavy atom. The van der Waals surface area contributed by atoms with Gasteiger partial charge in [-0.25, -0.2) is 4.79 Å². The van der Waals surface area contributed by atoms with Crippen LogP contribution in [0.15, 0.2) is 30.5 Å². The lowest BCUT2D eigenvalue weighted by Crippen LogP contribution is -2.10. The van der Waals surface area contributed by atoms with Crippen LogP contribution in [-0.2, 0) is 4.74 Å². The zero-order chi connectivity index (χ0) is 9.97. The molecule has 0 unspecified atom stereocenters. The van der Waals surface area contributed by atoms with Gasteiger partial charge in [0.2, 0.25) is 0 Å². The second-order valence-electron chi connectivity index (χ2n) is 2.86. The fourth-order valence-electron chi connectivity index (χ4n) is 1.36. The molecule has 0 saturated carbocycles. The van der Waals surface area contributed by atoms with E-state index in [1.165, 1.54) is 7.11 Å². The van der Waals surface area contributed by atoms with Crippen LogP contribution in [0.4, 0.5) is 10.5 Å². The molecule has 1 amide bonds. The Bertz CT molecular complexity index is 462. The Hall–Kier alpha value is -1.97. The Balaban J connectivity index is 2.41. The fraction of sp³-hybridized carbons (Fsp3) is 0.100. The average Bonchev–Trinajstić information content (AvgIpc) is 2.66. The minimum absolute atomic E-state index is 0.460. The number of methoxy groups -OCH3 is 1. The van der Waals surface area contributed by atoms with Gasteiger partial charge in [0.1, 0.15) is 0 Å². The molecule has 1 aromatic heterocycles. The van der Waals surface area contributed by atoms with Crippen LogP contribution in [-0.4, -0.2) is 18.2 Å². The first-order chi connectivity index (χ1) is 6.81. The van der Waals surface area contributed by atoms with Crippen molar-refractivity contribution >= 4 is 22.7 Å². The molecule has 2 rings (SSSR count). The summed E-state index contributed by atoms with van der Waals surface area (Å²) in [6.07, 6.45) is 1.37. The highest BCUT2D eigenvalue weighted by Gasteiger charge is 2.04. The van der Waals surface area contributed by atoms with E-state index in [0.717, 1.165) is 16.6 Å². The summed E-state index contributed by atoms with van der Waals surface area (Å²) < 4.78 is 4.52. The molecule has 0 fully saturated rings. The van der Waals surface area contributed by atoms with Gasteiger partial charge in [-0.1, -0.05) is 6.07 Å². The first kappa shape index (κ1) is 8.62. The van der Waals surface area contributed by atoms with Crippen LogP contribution < -0.4 is 5.32 Å². The molecular weight excluding hydrogens is 180 g/mol. The molecule has 2 aromatic rings. The second kappa shape index (κ2) is 3.41. The Kier molecular flexibility index (Phi) is 2.10. The van der Waals surface area contributed by atoms with Gasteiger partial charge < -0.3 is 9.72 Å². The standard InChI is InChI=1S/C10H10N2O2/c1-14-10(13)12-9-4-2-3-8-7(9)5-6-11-8/h2-6,11H,1H3,(H,12,13). The third-order valence-electron chi connectivity index (χ3n) is 2.02. The number of aromatic nitrogens is 1. The zero-order valence-electron chi connectivity index (χ0n) is 7.70. The van der Waals surface area contributed by atoms with Crippen LogP contribution in [0, 0.1) is 0 Å². The van der Waals surface area contributed by atoms with E-state index in [4.69, 9.17) is 0 Å². The molecule has 0 spiro atoms. The first-order valence-corrected chi connectivity index (χ1v) is 4.22. The van der Waals surface area contributed by atoms with E-state index in [9.17, 15) is 4.79 Å². The van der Waals surface area contributed by atoms with Crippen LogP contribution in [0.25, 0.3) is 10.9 Å². The molecule has 72 valence electrons. The monoisotopic (exact) mass is 190 g/mol. The van der Waals surface area contributed by atoms with Crippen LogP contribution in [0.2, 0.25) is 0 Å². The maximum absolute atomic E-state index is 11.0. The third kappa shape index (κ3) is 1.42. The number of ether oxygens (including phenoxy) is 1. The Morgan fingerprint density at radius 2 is 2.29 bits per heavy atom. The van der Waals surface area contributed by atoms with Gasteiger partial charge in [0.25, 0.3) is 0 Å². The van der Waals surface area contributed by atoms with Crippen LogP contribution in [0.5, 0.6) is 0 Å². The molecule has 2 N–H and O–H groups in total. The molecule has 14 heavy (non-hydrogen) atoms. The second-order valence-corrected chi connectivity index (χ2v) is 2.86. The minimum atomic E-state index is -0.460. The molecule has 0 aliphatic rings. The Morgan fingerprint density at radius 1 is 1.43 bits per heavy atom. The van der Waals surface area contributed by atoms with E-state index >= 15 is 0 Å². The summed E-state index contributed by atoms with van der Waals surface area (Å²) in [7, 11) is 1.34. The predicted octanol–water partition coefficient (Wildman–Crippen LogP) is 2.35. The number of nitrogens with one attached hydrogen (secondary N) is 2. The number of anilines is 1. The van der Waals surface area contributed by atoms with Crippen molar-refractivity contribution in [3.05, 3.63) is 30.5 Å². The molecule has 4 heteroatoms. The van der Waals surface area contributed by atoms with Gasteiger partial charge in [-0.3, -0.25) is 5.32 Å². The van der Waals surface area contributed by atoms with Crippen molar-refractivity contribution in [3.8, 4) is 0 Å². The average molecular weight is 190 g/mol. The van der Waals surface area contributed by atoms with Crippen molar-refractivity contribution in [1.29, 1.82) is 0 Å². The highest BCUT2D eigenvalue weighted by atomic mass is 16.5. The largest absolute Gasteiger partial charge is 0.453 e. The third-order valence-corrected chi connectivity index (χ3v) is 2.02. The van der Waals surface area contributed by atoms with Gasteiger partial charge in [-0.15, -0.1) is 0 Å². The maximum Gasteiger partial charge on any atom is 0.411 e. The topological polar surface area (TPSA) is 54.1 Å². The smallest absolute Gasteiger partial charge is 0.411 e. The number of H-pyrrole nitrogens is 1. The summed E-state index contributed by atoms with van der Waals surface area (Å²) in [6.45, 7) is 0. The molecule has 1 heterocycles. The van der Waals surface area contributed by atoms with Crippen molar-refractivity contribution < 1.29 is 9.53 Å². The first-order valence-electron chi connectivity index (χ1n) is 4.22. The van der Waals surface area contributed by atoms with Crippen molar-refractivity contribution in [2.75, 3.05) is 12.4 Å². The van der Waals surface area contributed by atoms with Crippen LogP contribution in [0.1, 0.15) is 0 Å². The van der Waals surface area contributed by atoms with Crippen molar-refractivity contribution in [3.63, 3.8) is 0 Å². The quantitative estimate of drug-likeness (QED) is 0.725. The van der Waals surface area contributed by atoms with E-state index in [-0.39, 0.29) is 0 Å². The van der Waals surface area contributed by atoms with Crippen LogP contribution in [0.3, 0.4) is 0 Å². The summed E-state index contributed by atoms with van der Waals surface area (Å²) in [5.41, 5.74) is 1.73. The summed E-state index contributed by atoms with van der Waals surface area (Å²) in [6, 6.07) is 7.54. The number of fused-ring (bicyclic) bond motifs is 1. The number of hydrogen-bond donors (Lipinski definition) is 2. The lowest BCUT2D eigenvalue weighted by atomic mass is 10.2. The minimum Gasteiger partial charge on any atom is -0.453 e. The van der Waals surface area contributed by atoms with Crippen molar-refractivity contribution in [1.82, 2.24) is 4.98 Å². The van der Waals surface area contributed by atoms with Crippen molar-refractivity contribution in [2.24, 2.45) is 0 Å². The van der Waals surface area contributed by atoms with Gasteiger partial charge >= 0.3 is 6.09 Å². The Labute approximate surface area is 80.9 Å². The van der Waals surface area contributed by atoms with Crippen molar-refractivity contribution in [2.45, 2.75) is 0 Å². The maximum atomic E-state index is 11.0. The zero-order valence-corrected chi connectivity index (χ0v) is 7.70. The van der Waals surface area contributed by atoms with Gasteiger partial charge in [0, 0.05) is 17.1 Å². The summed E-state index contributed by atoms with van der Waals surface area (Å²) in [5, 5.41) is 3.61. The van der Waals surface area contributed by atoms with E-state index in [0.29, 0.717) is 0 Å². The molecule has 1 aromatic carbocycles. The molecule has 0 radical (unpaired) electrons. The van der Waals surface area contributed by atoms with Gasteiger partial charge in [-0.2, -0.15) is 0 Å². The number of benzene rings is 1. The van der Waals surface area contributed by atoms with Crippen LogP contribution >= 0.6 is 0 Å². The highest BCUT2D eigenvalue weighted by Crippen LogP contribution is 2.21. The normalized spacial score (nSPS) is 10.1.